The summed E-state index contributed by atoms with van der Waals surface area (Å²) in [5.41, 5.74) is -0.680. The van der Waals surface area contributed by atoms with Gasteiger partial charge in [-0.05, 0) is 56.8 Å². The van der Waals surface area contributed by atoms with E-state index < -0.39 is 47.2 Å². The van der Waals surface area contributed by atoms with Gasteiger partial charge in [0.15, 0.2) is 0 Å². The van der Waals surface area contributed by atoms with Gasteiger partial charge in [-0.1, -0.05) is 62.4 Å². The highest BCUT2D eigenvalue weighted by Gasteiger charge is 2.41. The summed E-state index contributed by atoms with van der Waals surface area (Å²) in [4.78, 5) is 55.1. The van der Waals surface area contributed by atoms with Gasteiger partial charge in [0, 0.05) is 19.6 Å². The van der Waals surface area contributed by atoms with Crippen molar-refractivity contribution in [3.63, 3.8) is 0 Å². The number of esters is 2. The second-order valence-electron chi connectivity index (χ2n) is 12.1. The Morgan fingerprint density at radius 2 is 1.56 bits per heavy atom. The SMILES string of the molecule is COC(=O)C1CN(CCC(C)(C)C(NC(=O)Oc2ccccc2)C(=O)OCc2ccccc2)CCN1C(=O)OC(C)(C)C. The molecule has 1 aliphatic rings. The number of methoxy groups -OCH3 is 1. The van der Waals surface area contributed by atoms with Crippen LogP contribution in [0, 0.1) is 5.41 Å². The van der Waals surface area contributed by atoms with Crippen LogP contribution in [0.3, 0.4) is 0 Å². The molecule has 11 heteroatoms. The molecule has 2 atom stereocenters. The molecule has 2 aromatic rings. The first-order chi connectivity index (χ1) is 20.3. The maximum Gasteiger partial charge on any atom is 0.413 e. The highest BCUT2D eigenvalue weighted by atomic mass is 16.6. The predicted molar refractivity (Wildman–Crippen MR) is 159 cm³/mol. The summed E-state index contributed by atoms with van der Waals surface area (Å²) in [6.45, 7) is 10.5. The van der Waals surface area contributed by atoms with Crippen molar-refractivity contribution in [3.8, 4) is 5.75 Å². The summed E-state index contributed by atoms with van der Waals surface area (Å²) in [6, 6.07) is 15.9. The average Bonchev–Trinajstić information content (AvgIpc) is 2.97. The average molecular weight is 598 g/mol. The molecular weight excluding hydrogens is 554 g/mol. The van der Waals surface area contributed by atoms with Gasteiger partial charge < -0.3 is 24.3 Å². The standard InChI is InChI=1S/C32H43N3O8/c1-31(2,3)43-30(39)35-20-19-34(21-25(35)27(36)40-6)18-17-32(4,5)26(28(37)41-22-23-13-9-7-10-14-23)33-29(38)42-24-15-11-8-12-16-24/h7-16,25-26H,17-22H2,1-6H3,(H,33,38). The van der Waals surface area contributed by atoms with Crippen molar-refractivity contribution < 1.29 is 38.1 Å². The fraction of sp³-hybridized carbons (Fsp3) is 0.500. The minimum absolute atomic E-state index is 0.0507. The Bertz CT molecular complexity index is 1230. The Morgan fingerprint density at radius 3 is 2.16 bits per heavy atom. The number of carbonyl (C=O) groups excluding carboxylic acids is 4. The normalized spacial score (nSPS) is 16.5. The van der Waals surface area contributed by atoms with E-state index in [0.29, 0.717) is 25.3 Å². The summed E-state index contributed by atoms with van der Waals surface area (Å²) >= 11 is 0. The zero-order valence-corrected chi connectivity index (χ0v) is 25.8. The summed E-state index contributed by atoms with van der Waals surface area (Å²) in [6.07, 6.45) is -0.910. The van der Waals surface area contributed by atoms with E-state index in [1.165, 1.54) is 12.0 Å². The molecule has 234 valence electrons. The molecule has 0 aliphatic carbocycles. The van der Waals surface area contributed by atoms with Crippen molar-refractivity contribution in [1.29, 1.82) is 0 Å². The van der Waals surface area contributed by atoms with Crippen LogP contribution in [0.1, 0.15) is 46.6 Å². The summed E-state index contributed by atoms with van der Waals surface area (Å²) in [5.74, 6) is -0.797. The molecule has 1 aliphatic heterocycles. The molecule has 3 rings (SSSR count). The van der Waals surface area contributed by atoms with Crippen molar-refractivity contribution in [2.24, 2.45) is 5.41 Å². The molecule has 1 saturated heterocycles. The summed E-state index contributed by atoms with van der Waals surface area (Å²) < 4.78 is 21.5. The Balaban J connectivity index is 1.70. The smallest absolute Gasteiger partial charge is 0.413 e. The molecule has 0 spiro atoms. The van der Waals surface area contributed by atoms with E-state index in [0.717, 1.165) is 5.56 Å². The second-order valence-corrected chi connectivity index (χ2v) is 12.1. The van der Waals surface area contributed by atoms with E-state index in [2.05, 4.69) is 5.32 Å². The summed E-state index contributed by atoms with van der Waals surface area (Å²) in [5, 5.41) is 2.71. The highest BCUT2D eigenvalue weighted by Crippen LogP contribution is 2.28. The number of ether oxygens (including phenoxy) is 4. The van der Waals surface area contributed by atoms with Crippen LogP contribution in [0.4, 0.5) is 9.59 Å². The topological polar surface area (TPSA) is 124 Å². The van der Waals surface area contributed by atoms with E-state index in [-0.39, 0.29) is 19.7 Å². The number of hydrogen-bond donors (Lipinski definition) is 1. The van der Waals surface area contributed by atoms with E-state index in [1.807, 2.05) is 49.1 Å². The quantitative estimate of drug-likeness (QED) is 0.314. The van der Waals surface area contributed by atoms with Crippen LogP contribution in [-0.2, 0) is 30.4 Å². The maximum absolute atomic E-state index is 13.4. The first kappa shape index (κ1) is 33.4. The molecule has 0 aromatic heterocycles. The Kier molecular flexibility index (Phi) is 11.5. The van der Waals surface area contributed by atoms with Crippen LogP contribution >= 0.6 is 0 Å². The van der Waals surface area contributed by atoms with Crippen LogP contribution < -0.4 is 10.1 Å². The zero-order valence-electron chi connectivity index (χ0n) is 25.8. The number of amides is 2. The van der Waals surface area contributed by atoms with Crippen molar-refractivity contribution in [2.75, 3.05) is 33.3 Å². The molecule has 0 bridgehead atoms. The number of piperazine rings is 1. The zero-order chi connectivity index (χ0) is 31.6. The molecule has 0 radical (unpaired) electrons. The van der Waals surface area contributed by atoms with Crippen molar-refractivity contribution in [1.82, 2.24) is 15.1 Å². The lowest BCUT2D eigenvalue weighted by molar-refractivity contribution is -0.150. The van der Waals surface area contributed by atoms with E-state index in [1.54, 1.807) is 51.1 Å². The van der Waals surface area contributed by atoms with Gasteiger partial charge in [0.2, 0.25) is 0 Å². The number of para-hydroxylation sites is 1. The minimum atomic E-state index is -1.04. The molecular formula is C32H43N3O8. The van der Waals surface area contributed by atoms with E-state index in [4.69, 9.17) is 18.9 Å². The molecule has 2 amide bonds. The number of benzene rings is 2. The number of nitrogens with zero attached hydrogens (tertiary/aromatic N) is 2. The van der Waals surface area contributed by atoms with Gasteiger partial charge >= 0.3 is 24.1 Å². The van der Waals surface area contributed by atoms with Crippen molar-refractivity contribution in [2.45, 2.75) is 65.3 Å². The van der Waals surface area contributed by atoms with E-state index >= 15 is 0 Å². The third kappa shape index (κ3) is 10.3. The second kappa shape index (κ2) is 14.9. The number of nitrogens with one attached hydrogen (secondary N) is 1. The highest BCUT2D eigenvalue weighted by molar-refractivity contribution is 5.83. The number of carbonyl (C=O) groups is 4. The summed E-state index contributed by atoms with van der Waals surface area (Å²) in [7, 11) is 1.28. The predicted octanol–water partition coefficient (Wildman–Crippen LogP) is 4.40. The van der Waals surface area contributed by atoms with Crippen molar-refractivity contribution in [3.05, 3.63) is 66.2 Å². The molecule has 1 N–H and O–H groups in total. The molecule has 43 heavy (non-hydrogen) atoms. The lowest BCUT2D eigenvalue weighted by Gasteiger charge is -2.41. The van der Waals surface area contributed by atoms with Gasteiger partial charge in [0.25, 0.3) is 0 Å². The van der Waals surface area contributed by atoms with Gasteiger partial charge in [-0.2, -0.15) is 0 Å². The fourth-order valence-corrected chi connectivity index (χ4v) is 4.64. The number of hydrogen-bond acceptors (Lipinski definition) is 9. The van der Waals surface area contributed by atoms with Gasteiger partial charge in [0.05, 0.1) is 7.11 Å². The largest absolute Gasteiger partial charge is 0.467 e. The molecule has 1 fully saturated rings. The first-order valence-corrected chi connectivity index (χ1v) is 14.3. The minimum Gasteiger partial charge on any atom is -0.467 e. The maximum atomic E-state index is 13.4. The van der Waals surface area contributed by atoms with Gasteiger partial charge in [-0.3, -0.25) is 9.80 Å². The Labute approximate surface area is 253 Å². The lowest BCUT2D eigenvalue weighted by Crippen LogP contribution is -2.60. The molecule has 0 saturated carbocycles. The molecule has 2 aromatic carbocycles. The van der Waals surface area contributed by atoms with E-state index in [9.17, 15) is 19.2 Å². The Hall–Kier alpha value is -4.12. The fourth-order valence-electron chi connectivity index (χ4n) is 4.64. The lowest BCUT2D eigenvalue weighted by atomic mass is 9.80. The van der Waals surface area contributed by atoms with Crippen molar-refractivity contribution >= 4 is 24.1 Å². The first-order valence-electron chi connectivity index (χ1n) is 14.3. The van der Waals surface area contributed by atoms with Gasteiger partial charge in [0.1, 0.15) is 30.0 Å². The third-order valence-corrected chi connectivity index (χ3v) is 7.10. The number of rotatable bonds is 10. The van der Waals surface area contributed by atoms with Crippen LogP contribution in [-0.4, -0.2) is 84.9 Å². The van der Waals surface area contributed by atoms with Gasteiger partial charge in [-0.25, -0.2) is 19.2 Å². The molecule has 2 unspecified atom stereocenters. The third-order valence-electron chi connectivity index (χ3n) is 7.10. The Morgan fingerprint density at radius 1 is 0.930 bits per heavy atom. The van der Waals surface area contributed by atoms with Crippen LogP contribution in [0.5, 0.6) is 5.75 Å². The monoisotopic (exact) mass is 597 g/mol. The van der Waals surface area contributed by atoms with Gasteiger partial charge in [-0.15, -0.1) is 0 Å². The van der Waals surface area contributed by atoms with Crippen LogP contribution in [0.25, 0.3) is 0 Å². The van der Waals surface area contributed by atoms with Crippen LogP contribution in [0.2, 0.25) is 0 Å². The van der Waals surface area contributed by atoms with Crippen LogP contribution in [0.15, 0.2) is 60.7 Å². The molecule has 11 nitrogen and oxygen atoms in total. The molecule has 1 heterocycles.